The molecule has 0 unspecified atom stereocenters. The van der Waals surface area contributed by atoms with E-state index in [1.807, 2.05) is 12.1 Å². The maximum absolute atomic E-state index is 12.2. The number of anilines is 1. The molecule has 5 nitrogen and oxygen atoms in total. The van der Waals surface area contributed by atoms with Crippen LogP contribution in [0.1, 0.15) is 36.5 Å². The molecule has 0 fully saturated rings. The quantitative estimate of drug-likeness (QED) is 0.623. The Morgan fingerprint density at radius 2 is 1.86 bits per heavy atom. The van der Waals surface area contributed by atoms with Crippen molar-refractivity contribution >= 4 is 11.6 Å². The van der Waals surface area contributed by atoms with Crippen LogP contribution in [-0.2, 0) is 17.9 Å². The highest BCUT2D eigenvalue weighted by Gasteiger charge is 2.17. The molecule has 2 aromatic rings. The van der Waals surface area contributed by atoms with Gasteiger partial charge in [0.2, 0.25) is 0 Å². The number of nitrogens with zero attached hydrogens (tertiary/aromatic N) is 2. The first-order valence-electron chi connectivity index (χ1n) is 10.6. The summed E-state index contributed by atoms with van der Waals surface area (Å²) in [5.74, 6) is 0.700. The molecule has 1 heterocycles. The summed E-state index contributed by atoms with van der Waals surface area (Å²) >= 11 is 0. The fourth-order valence-electron chi connectivity index (χ4n) is 3.97. The van der Waals surface area contributed by atoms with Crippen LogP contribution in [0.15, 0.2) is 42.5 Å². The molecule has 156 valence electrons. The Balaban J connectivity index is 1.39. The molecule has 1 aliphatic heterocycles. The monoisotopic (exact) mass is 395 g/mol. The minimum absolute atomic E-state index is 0.0472. The molecule has 0 saturated heterocycles. The number of ether oxygens (including phenoxy) is 1. The van der Waals surface area contributed by atoms with Gasteiger partial charge in [-0.25, -0.2) is 0 Å². The Labute approximate surface area is 174 Å². The molecule has 1 N–H and O–H groups in total. The number of aryl methyl sites for hydroxylation is 1. The molecule has 5 heteroatoms. The highest BCUT2D eigenvalue weighted by molar-refractivity contribution is 5.78. The van der Waals surface area contributed by atoms with E-state index in [-0.39, 0.29) is 12.5 Å². The van der Waals surface area contributed by atoms with Crippen molar-refractivity contribution in [2.45, 2.75) is 39.8 Å². The number of benzene rings is 2. The number of nitrogens with one attached hydrogen (secondary N) is 1. The smallest absolute Gasteiger partial charge is 0.257 e. The van der Waals surface area contributed by atoms with Crippen LogP contribution in [0.2, 0.25) is 0 Å². The normalized spacial score (nSPS) is 13.2. The largest absolute Gasteiger partial charge is 0.482 e. The first kappa shape index (κ1) is 21.2. The van der Waals surface area contributed by atoms with Crippen molar-refractivity contribution in [3.8, 4) is 5.75 Å². The number of carbonyl (C=O) groups excluding carboxylic acids is 1. The van der Waals surface area contributed by atoms with E-state index in [0.717, 1.165) is 56.0 Å². The van der Waals surface area contributed by atoms with Crippen molar-refractivity contribution in [3.05, 3.63) is 59.2 Å². The molecule has 0 bridgehead atoms. The van der Waals surface area contributed by atoms with Gasteiger partial charge >= 0.3 is 0 Å². The van der Waals surface area contributed by atoms with E-state index in [2.05, 4.69) is 66.3 Å². The maximum atomic E-state index is 12.2. The van der Waals surface area contributed by atoms with Crippen molar-refractivity contribution in [1.82, 2.24) is 10.2 Å². The average Bonchev–Trinajstić information content (AvgIpc) is 3.12. The number of hydrogen-bond acceptors (Lipinski definition) is 4. The van der Waals surface area contributed by atoms with Gasteiger partial charge in [0.15, 0.2) is 6.61 Å². The topological polar surface area (TPSA) is 44.8 Å². The first-order chi connectivity index (χ1) is 14.1. The fourth-order valence-corrected chi connectivity index (χ4v) is 3.97. The van der Waals surface area contributed by atoms with Gasteiger partial charge in [-0.15, -0.1) is 0 Å². The van der Waals surface area contributed by atoms with Crippen LogP contribution in [0, 0.1) is 6.92 Å². The summed E-state index contributed by atoms with van der Waals surface area (Å²) in [5.41, 5.74) is 5.07. The number of rotatable bonds is 10. The lowest BCUT2D eigenvalue weighted by atomic mass is 10.1. The van der Waals surface area contributed by atoms with E-state index in [0.29, 0.717) is 6.54 Å². The fraction of sp³-hybridized carbons (Fsp3) is 0.458. The van der Waals surface area contributed by atoms with Crippen molar-refractivity contribution in [1.29, 1.82) is 0 Å². The Bertz CT molecular complexity index is 797. The predicted octanol–water partition coefficient (Wildman–Crippen LogP) is 3.74. The second-order valence-electron chi connectivity index (χ2n) is 7.81. The Morgan fingerprint density at radius 3 is 2.55 bits per heavy atom. The lowest BCUT2D eigenvalue weighted by Crippen LogP contribution is -2.32. The number of hydrogen-bond donors (Lipinski definition) is 1. The number of carbonyl (C=O) groups is 1. The molecule has 0 saturated carbocycles. The van der Waals surface area contributed by atoms with E-state index in [1.54, 1.807) is 0 Å². The van der Waals surface area contributed by atoms with Crippen LogP contribution in [0.25, 0.3) is 0 Å². The zero-order chi connectivity index (χ0) is 20.6. The first-order valence-corrected chi connectivity index (χ1v) is 10.6. The highest BCUT2D eigenvalue weighted by Crippen LogP contribution is 2.31. The lowest BCUT2D eigenvalue weighted by molar-refractivity contribution is -0.123. The number of fused-ring (bicyclic) bond motifs is 1. The average molecular weight is 396 g/mol. The van der Waals surface area contributed by atoms with Gasteiger partial charge in [-0.3, -0.25) is 9.69 Å². The molecule has 2 aromatic carbocycles. The van der Waals surface area contributed by atoms with Crippen LogP contribution >= 0.6 is 0 Å². The molecule has 0 atom stereocenters. The molecule has 1 amide bonds. The summed E-state index contributed by atoms with van der Waals surface area (Å²) < 4.78 is 5.86. The summed E-state index contributed by atoms with van der Waals surface area (Å²) in [6, 6.07) is 14.6. The zero-order valence-electron chi connectivity index (χ0n) is 17.9. The number of para-hydroxylation sites is 1. The summed E-state index contributed by atoms with van der Waals surface area (Å²) in [7, 11) is 2.06. The van der Waals surface area contributed by atoms with Crippen LogP contribution in [0.4, 0.5) is 5.69 Å². The van der Waals surface area contributed by atoms with Crippen molar-refractivity contribution < 1.29 is 9.53 Å². The van der Waals surface area contributed by atoms with Gasteiger partial charge in [0.05, 0.1) is 5.69 Å². The van der Waals surface area contributed by atoms with Gasteiger partial charge < -0.3 is 15.0 Å². The second-order valence-corrected chi connectivity index (χ2v) is 7.81. The molecule has 29 heavy (non-hydrogen) atoms. The maximum Gasteiger partial charge on any atom is 0.257 e. The molecule has 0 aromatic heterocycles. The number of amides is 1. The minimum Gasteiger partial charge on any atom is -0.482 e. The Morgan fingerprint density at radius 1 is 1.14 bits per heavy atom. The molecule has 0 radical (unpaired) electrons. The van der Waals surface area contributed by atoms with Crippen LogP contribution < -0.4 is 15.0 Å². The Kier molecular flexibility index (Phi) is 7.53. The van der Waals surface area contributed by atoms with Gasteiger partial charge in [0.25, 0.3) is 5.91 Å². The van der Waals surface area contributed by atoms with Crippen molar-refractivity contribution in [3.63, 3.8) is 0 Å². The second kappa shape index (κ2) is 10.3. The van der Waals surface area contributed by atoms with Crippen LogP contribution in [-0.4, -0.2) is 44.1 Å². The van der Waals surface area contributed by atoms with Gasteiger partial charge in [-0.05, 0) is 42.5 Å². The van der Waals surface area contributed by atoms with E-state index >= 15 is 0 Å². The zero-order valence-corrected chi connectivity index (χ0v) is 17.9. The standard InChI is InChI=1S/C24H33N3O2/c1-4-14-26(3)24-19(2)9-7-12-22(24)29-18-23(28)25-13-8-15-27-16-20-10-5-6-11-21(20)17-27/h5-7,9-12H,4,8,13-18H2,1-3H3,(H,25,28). The molecule has 1 aliphatic rings. The third kappa shape index (κ3) is 5.73. The highest BCUT2D eigenvalue weighted by atomic mass is 16.5. The molecular formula is C24H33N3O2. The van der Waals surface area contributed by atoms with Crippen molar-refractivity contribution in [2.75, 3.05) is 38.2 Å². The molecule has 0 aliphatic carbocycles. The summed E-state index contributed by atoms with van der Waals surface area (Å²) in [5, 5.41) is 2.98. The van der Waals surface area contributed by atoms with E-state index in [9.17, 15) is 4.79 Å². The Hall–Kier alpha value is -2.53. The molecule has 3 rings (SSSR count). The summed E-state index contributed by atoms with van der Waals surface area (Å²) in [6.07, 6.45) is 2.00. The van der Waals surface area contributed by atoms with Crippen molar-refractivity contribution in [2.24, 2.45) is 0 Å². The van der Waals surface area contributed by atoms with E-state index in [4.69, 9.17) is 4.74 Å². The van der Waals surface area contributed by atoms with Gasteiger partial charge in [0.1, 0.15) is 5.75 Å². The third-order valence-electron chi connectivity index (χ3n) is 5.38. The predicted molar refractivity (Wildman–Crippen MR) is 118 cm³/mol. The summed E-state index contributed by atoms with van der Waals surface area (Å²) in [4.78, 5) is 16.8. The van der Waals surface area contributed by atoms with Gasteiger partial charge in [-0.1, -0.05) is 43.3 Å². The van der Waals surface area contributed by atoms with Gasteiger partial charge in [-0.2, -0.15) is 0 Å². The molecular weight excluding hydrogens is 362 g/mol. The summed E-state index contributed by atoms with van der Waals surface area (Å²) in [6.45, 7) is 8.91. The SMILES string of the molecule is CCCN(C)c1c(C)cccc1OCC(=O)NCCCN1Cc2ccccc2C1. The van der Waals surface area contributed by atoms with Gasteiger partial charge in [0, 0.05) is 39.8 Å². The minimum atomic E-state index is -0.0692. The molecule has 0 spiro atoms. The van der Waals surface area contributed by atoms with Crippen LogP contribution in [0.3, 0.4) is 0 Å². The van der Waals surface area contributed by atoms with E-state index in [1.165, 1.54) is 11.1 Å². The third-order valence-corrected chi connectivity index (χ3v) is 5.38. The van der Waals surface area contributed by atoms with Crippen LogP contribution in [0.5, 0.6) is 5.75 Å². The lowest BCUT2D eigenvalue weighted by Gasteiger charge is -2.23. The van der Waals surface area contributed by atoms with E-state index < -0.39 is 0 Å².